The Morgan fingerprint density at radius 2 is 1.36 bits per heavy atom. The zero-order valence-corrected chi connectivity index (χ0v) is 32.8. The van der Waals surface area contributed by atoms with Crippen LogP contribution in [0.15, 0.2) is 11.1 Å². The van der Waals surface area contributed by atoms with Crippen molar-refractivity contribution in [2.24, 2.45) is 29.6 Å². The summed E-state index contributed by atoms with van der Waals surface area (Å²) in [7, 11) is 0. The number of hydrogen-bond acceptors (Lipinski definition) is 8. The van der Waals surface area contributed by atoms with Gasteiger partial charge >= 0.3 is 0 Å². The second-order valence-electron chi connectivity index (χ2n) is 17.8. The molecule has 4 unspecified atom stereocenters. The Hall–Kier alpha value is -1.85. The number of ether oxygens (including phenoxy) is 2. The molecule has 2 N–H and O–H groups in total. The Kier molecular flexibility index (Phi) is 14.0. The molecule has 53 heavy (non-hydrogen) atoms. The molecule has 7 fully saturated rings. The Bertz CT molecular complexity index is 1260. The van der Waals surface area contributed by atoms with E-state index in [2.05, 4.69) is 22.0 Å². The van der Waals surface area contributed by atoms with Gasteiger partial charge in [0.15, 0.2) is 0 Å². The molecule has 0 bridgehead atoms. The van der Waals surface area contributed by atoms with E-state index in [1.54, 1.807) is 4.90 Å². The van der Waals surface area contributed by atoms with Crippen molar-refractivity contribution in [3.63, 3.8) is 0 Å². The normalized spacial score (nSPS) is 36.0. The van der Waals surface area contributed by atoms with Gasteiger partial charge in [0.2, 0.25) is 17.7 Å². The Balaban J connectivity index is 0.799. The number of imide groups is 1. The molecule has 3 saturated heterocycles. The van der Waals surface area contributed by atoms with Gasteiger partial charge in [-0.2, -0.15) is 0 Å². The van der Waals surface area contributed by atoms with Crippen molar-refractivity contribution in [3.8, 4) is 0 Å². The van der Waals surface area contributed by atoms with Gasteiger partial charge in [-0.25, -0.2) is 0 Å². The first kappa shape index (κ1) is 39.4. The average Bonchev–Trinajstić information content (AvgIpc) is 3.52. The molecule has 3 amide bonds. The van der Waals surface area contributed by atoms with Crippen LogP contribution in [0.4, 0.5) is 0 Å². The van der Waals surface area contributed by atoms with Crippen LogP contribution in [0.3, 0.4) is 0 Å². The molecule has 0 aromatic carbocycles. The summed E-state index contributed by atoms with van der Waals surface area (Å²) < 4.78 is 13.0. The maximum atomic E-state index is 13.3. The number of aliphatic hydroxyl groups is 1. The fraction of sp³-hybridized carbons (Fsp3) is 0.884. The molecule has 4 atom stereocenters. The van der Waals surface area contributed by atoms with E-state index < -0.39 is 6.04 Å². The number of piperidine rings is 1. The van der Waals surface area contributed by atoms with Crippen molar-refractivity contribution in [2.75, 3.05) is 59.0 Å². The van der Waals surface area contributed by atoms with Crippen LogP contribution in [0.2, 0.25) is 0 Å². The standard InChI is InChI=1S/C43H70N4O6/c1-2-35(30-7-4-3-5-8-30)41(31-11-15-33(48)16-12-31)32-13-17-34(18-14-32)52-27-25-45-21-23-46(24-22-45)26-28-53-39-10-6-9-36-37(39)29-47(43(36)51)38-19-20-40(49)44-42(38)50/h30-34,36-39,48H,2-29H2,1H3,(H,44,49,50)/b41-35-. The summed E-state index contributed by atoms with van der Waals surface area (Å²) in [6.07, 6.45) is 21.3. The highest BCUT2D eigenvalue weighted by atomic mass is 16.5. The summed E-state index contributed by atoms with van der Waals surface area (Å²) in [5.41, 5.74) is 3.67. The van der Waals surface area contributed by atoms with Gasteiger partial charge in [-0.15, -0.1) is 0 Å². The zero-order chi connectivity index (χ0) is 36.7. The van der Waals surface area contributed by atoms with Gasteiger partial charge in [0.25, 0.3) is 0 Å². The van der Waals surface area contributed by atoms with Gasteiger partial charge in [0, 0.05) is 64.1 Å². The van der Waals surface area contributed by atoms with Gasteiger partial charge in [-0.1, -0.05) is 43.8 Å². The van der Waals surface area contributed by atoms with E-state index in [-0.39, 0.29) is 41.8 Å². The third kappa shape index (κ3) is 9.76. The average molecular weight is 739 g/mol. The van der Waals surface area contributed by atoms with Crippen LogP contribution in [0, 0.1) is 29.6 Å². The fourth-order valence-electron chi connectivity index (χ4n) is 11.7. The van der Waals surface area contributed by atoms with E-state index in [1.807, 2.05) is 11.1 Å². The maximum Gasteiger partial charge on any atom is 0.249 e. The van der Waals surface area contributed by atoms with E-state index in [4.69, 9.17) is 9.47 Å². The number of carbonyl (C=O) groups is 3. The number of hydrogen-bond donors (Lipinski definition) is 2. The lowest BCUT2D eigenvalue weighted by Crippen LogP contribution is -2.53. The molecule has 298 valence electrons. The SMILES string of the molecule is CC/C(=C(\C1CCC(O)CC1)C1CCC(OCCN2CCN(CCOC3CCCC4C(=O)N(C5CCC(=O)NC5=O)CC34)CC2)CC1)C1CCCCC1. The molecule has 0 spiro atoms. The minimum absolute atomic E-state index is 0.0546. The summed E-state index contributed by atoms with van der Waals surface area (Å²) in [6.45, 7) is 10.6. The van der Waals surface area contributed by atoms with Crippen molar-refractivity contribution < 1.29 is 29.0 Å². The number of carbonyl (C=O) groups excluding carboxylic acids is 3. The van der Waals surface area contributed by atoms with Gasteiger partial charge in [-0.05, 0) is 108 Å². The highest BCUT2D eigenvalue weighted by Gasteiger charge is 2.50. The molecule has 4 saturated carbocycles. The minimum atomic E-state index is -0.522. The number of allylic oxidation sites excluding steroid dienone is 2. The third-order valence-electron chi connectivity index (χ3n) is 14.7. The first-order chi connectivity index (χ1) is 25.9. The molecule has 4 aliphatic carbocycles. The molecule has 0 aromatic heterocycles. The van der Waals surface area contributed by atoms with Crippen molar-refractivity contribution in [3.05, 3.63) is 11.1 Å². The smallest absolute Gasteiger partial charge is 0.249 e. The van der Waals surface area contributed by atoms with Crippen LogP contribution in [-0.2, 0) is 23.9 Å². The largest absolute Gasteiger partial charge is 0.393 e. The highest BCUT2D eigenvalue weighted by Crippen LogP contribution is 2.46. The van der Waals surface area contributed by atoms with Crippen LogP contribution in [-0.4, -0.2) is 121 Å². The first-order valence-corrected chi connectivity index (χ1v) is 22.1. The molecule has 0 radical (unpaired) electrons. The van der Waals surface area contributed by atoms with Crippen molar-refractivity contribution in [2.45, 2.75) is 153 Å². The third-order valence-corrected chi connectivity index (χ3v) is 14.7. The second kappa shape index (κ2) is 18.9. The summed E-state index contributed by atoms with van der Waals surface area (Å²) >= 11 is 0. The van der Waals surface area contributed by atoms with E-state index in [9.17, 15) is 19.5 Å². The van der Waals surface area contributed by atoms with Gasteiger partial charge in [0.05, 0.1) is 31.5 Å². The Morgan fingerprint density at radius 3 is 2.00 bits per heavy atom. The highest BCUT2D eigenvalue weighted by molar-refractivity contribution is 6.02. The quantitative estimate of drug-likeness (QED) is 0.189. The fourth-order valence-corrected chi connectivity index (χ4v) is 11.7. The lowest BCUT2D eigenvalue weighted by atomic mass is 9.68. The monoisotopic (exact) mass is 739 g/mol. The molecule has 10 nitrogen and oxygen atoms in total. The lowest BCUT2D eigenvalue weighted by molar-refractivity contribution is -0.144. The van der Waals surface area contributed by atoms with Gasteiger partial charge in [-0.3, -0.25) is 29.5 Å². The summed E-state index contributed by atoms with van der Waals surface area (Å²) in [6, 6.07) is -0.522. The van der Waals surface area contributed by atoms with Gasteiger partial charge in [0.1, 0.15) is 6.04 Å². The van der Waals surface area contributed by atoms with E-state index in [1.165, 1.54) is 77.0 Å². The number of amides is 3. The first-order valence-electron chi connectivity index (χ1n) is 22.1. The number of nitrogens with one attached hydrogen (secondary N) is 1. The number of piperazine rings is 1. The molecule has 3 heterocycles. The molecule has 7 aliphatic rings. The summed E-state index contributed by atoms with van der Waals surface area (Å²) in [5, 5.41) is 12.7. The molecule has 0 aromatic rings. The molecule has 3 aliphatic heterocycles. The predicted octanol–water partition coefficient (Wildman–Crippen LogP) is 5.47. The van der Waals surface area contributed by atoms with Crippen LogP contribution in [0.5, 0.6) is 0 Å². The van der Waals surface area contributed by atoms with E-state index in [0.29, 0.717) is 38.0 Å². The van der Waals surface area contributed by atoms with Crippen LogP contribution < -0.4 is 5.32 Å². The number of likely N-dealkylation sites (tertiary alicyclic amines) is 1. The lowest BCUT2D eigenvalue weighted by Gasteiger charge is -2.40. The summed E-state index contributed by atoms with van der Waals surface area (Å²) in [4.78, 5) is 44.2. The maximum absolute atomic E-state index is 13.3. The Morgan fingerprint density at radius 1 is 0.717 bits per heavy atom. The number of fused-ring (bicyclic) bond motifs is 1. The molecule has 10 heteroatoms. The van der Waals surface area contributed by atoms with Crippen LogP contribution >= 0.6 is 0 Å². The predicted molar refractivity (Wildman–Crippen MR) is 205 cm³/mol. The van der Waals surface area contributed by atoms with Gasteiger partial charge < -0.3 is 19.5 Å². The number of rotatable bonds is 13. The molecular weight excluding hydrogens is 668 g/mol. The van der Waals surface area contributed by atoms with Crippen molar-refractivity contribution in [1.29, 1.82) is 0 Å². The second-order valence-corrected chi connectivity index (χ2v) is 17.8. The van der Waals surface area contributed by atoms with Crippen molar-refractivity contribution in [1.82, 2.24) is 20.0 Å². The van der Waals surface area contributed by atoms with Crippen LogP contribution in [0.25, 0.3) is 0 Å². The Labute approximate surface area is 319 Å². The summed E-state index contributed by atoms with van der Waals surface area (Å²) in [5.74, 6) is 1.79. The van der Waals surface area contributed by atoms with E-state index >= 15 is 0 Å². The zero-order valence-electron chi connectivity index (χ0n) is 32.8. The number of aliphatic hydroxyl groups excluding tert-OH is 1. The molecular formula is C43H70N4O6. The number of nitrogens with zero attached hydrogens (tertiary/aromatic N) is 3. The van der Waals surface area contributed by atoms with Crippen LogP contribution in [0.1, 0.15) is 129 Å². The topological polar surface area (TPSA) is 112 Å². The van der Waals surface area contributed by atoms with Crippen molar-refractivity contribution >= 4 is 17.7 Å². The van der Waals surface area contributed by atoms with E-state index in [0.717, 1.165) is 89.8 Å². The minimum Gasteiger partial charge on any atom is -0.393 e. The molecule has 7 rings (SSSR count).